The van der Waals surface area contributed by atoms with Crippen molar-refractivity contribution in [2.45, 2.75) is 44.8 Å². The number of hydrogen-bond donors (Lipinski definition) is 1. The first-order valence-electron chi connectivity index (χ1n) is 5.78. The van der Waals surface area contributed by atoms with E-state index in [4.69, 9.17) is 0 Å². The van der Waals surface area contributed by atoms with Crippen LogP contribution >= 0.6 is 0 Å². The minimum Gasteiger partial charge on any atom is -0.310 e. The van der Waals surface area contributed by atoms with E-state index in [-0.39, 0.29) is 0 Å². The van der Waals surface area contributed by atoms with E-state index in [0.29, 0.717) is 19.0 Å². The van der Waals surface area contributed by atoms with Crippen LogP contribution in [0.5, 0.6) is 0 Å². The number of nitrogens with zero attached hydrogens (tertiary/aromatic N) is 1. The van der Waals surface area contributed by atoms with Gasteiger partial charge in [-0.05, 0) is 26.4 Å². The van der Waals surface area contributed by atoms with Gasteiger partial charge in [-0.1, -0.05) is 19.8 Å². The zero-order valence-electron chi connectivity index (χ0n) is 9.43. The molecule has 3 heteroatoms. The van der Waals surface area contributed by atoms with Crippen LogP contribution in [0.1, 0.15) is 32.6 Å². The Morgan fingerprint density at radius 2 is 2.21 bits per heavy atom. The summed E-state index contributed by atoms with van der Waals surface area (Å²) in [5.74, 6) is 0. The number of unbranched alkanes of at least 4 members (excludes halogenated alkanes) is 2. The van der Waals surface area contributed by atoms with Crippen LogP contribution in [0.4, 0.5) is 4.39 Å². The zero-order chi connectivity index (χ0) is 10.4. The Labute approximate surface area is 86.9 Å². The molecule has 0 spiro atoms. The van der Waals surface area contributed by atoms with Crippen molar-refractivity contribution in [3.63, 3.8) is 0 Å². The van der Waals surface area contributed by atoms with E-state index < -0.39 is 6.17 Å². The Hall–Kier alpha value is -0.150. The third-order valence-electron chi connectivity index (χ3n) is 2.84. The van der Waals surface area contributed by atoms with Gasteiger partial charge in [0, 0.05) is 19.1 Å². The average Bonchev–Trinajstić information content (AvgIpc) is 2.52. The van der Waals surface area contributed by atoms with Gasteiger partial charge in [0.25, 0.3) is 0 Å². The molecule has 1 N–H and O–H groups in total. The monoisotopic (exact) mass is 202 g/mol. The number of rotatable bonds is 6. The molecule has 14 heavy (non-hydrogen) atoms. The standard InChI is InChI=1S/C11H23FN2/c1-3-4-5-6-14(2)9-11-7-10(12)8-13-11/h10-11,13H,3-9H2,1-2H3. The van der Waals surface area contributed by atoms with Crippen molar-refractivity contribution >= 4 is 0 Å². The molecule has 1 fully saturated rings. The maximum absolute atomic E-state index is 12.8. The van der Waals surface area contributed by atoms with Crippen molar-refractivity contribution < 1.29 is 4.39 Å². The molecule has 1 heterocycles. The van der Waals surface area contributed by atoms with E-state index in [9.17, 15) is 4.39 Å². The summed E-state index contributed by atoms with van der Waals surface area (Å²) in [6.45, 7) is 4.90. The normalized spacial score (nSPS) is 27.4. The quantitative estimate of drug-likeness (QED) is 0.661. The summed E-state index contributed by atoms with van der Waals surface area (Å²) in [6.07, 6.45) is 3.90. The lowest BCUT2D eigenvalue weighted by Crippen LogP contribution is -2.35. The molecule has 0 bridgehead atoms. The van der Waals surface area contributed by atoms with Crippen molar-refractivity contribution in [2.24, 2.45) is 0 Å². The van der Waals surface area contributed by atoms with Crippen LogP contribution < -0.4 is 5.32 Å². The summed E-state index contributed by atoms with van der Waals surface area (Å²) in [6, 6.07) is 0.372. The minimum atomic E-state index is -0.621. The molecule has 0 aliphatic carbocycles. The van der Waals surface area contributed by atoms with E-state index in [1.165, 1.54) is 19.3 Å². The van der Waals surface area contributed by atoms with Crippen molar-refractivity contribution in [2.75, 3.05) is 26.7 Å². The van der Waals surface area contributed by atoms with Crippen molar-refractivity contribution in [3.8, 4) is 0 Å². The first-order chi connectivity index (χ1) is 6.72. The highest BCUT2D eigenvalue weighted by Crippen LogP contribution is 2.10. The number of hydrogen-bond acceptors (Lipinski definition) is 2. The van der Waals surface area contributed by atoms with E-state index in [1.54, 1.807) is 0 Å². The van der Waals surface area contributed by atoms with E-state index >= 15 is 0 Å². The highest BCUT2D eigenvalue weighted by molar-refractivity contribution is 4.83. The lowest BCUT2D eigenvalue weighted by molar-refractivity contribution is 0.285. The first-order valence-corrected chi connectivity index (χ1v) is 5.78. The van der Waals surface area contributed by atoms with Gasteiger partial charge in [0.15, 0.2) is 0 Å². The summed E-state index contributed by atoms with van der Waals surface area (Å²) in [7, 11) is 2.13. The molecule has 2 atom stereocenters. The van der Waals surface area contributed by atoms with Crippen molar-refractivity contribution in [1.82, 2.24) is 10.2 Å². The largest absolute Gasteiger partial charge is 0.310 e. The number of nitrogens with one attached hydrogen (secondary N) is 1. The summed E-state index contributed by atoms with van der Waals surface area (Å²) in [4.78, 5) is 2.31. The third kappa shape index (κ3) is 4.38. The zero-order valence-corrected chi connectivity index (χ0v) is 9.43. The predicted molar refractivity (Wildman–Crippen MR) is 58.3 cm³/mol. The fourth-order valence-electron chi connectivity index (χ4n) is 2.01. The van der Waals surface area contributed by atoms with E-state index in [1.807, 2.05) is 0 Å². The number of likely N-dealkylation sites (N-methyl/N-ethyl adjacent to an activating group) is 1. The summed E-state index contributed by atoms with van der Waals surface area (Å²) in [5.41, 5.74) is 0. The molecule has 0 aromatic rings. The Morgan fingerprint density at radius 3 is 2.79 bits per heavy atom. The fourth-order valence-corrected chi connectivity index (χ4v) is 2.01. The summed E-state index contributed by atoms with van der Waals surface area (Å²) in [5, 5.41) is 3.21. The van der Waals surface area contributed by atoms with Crippen LogP contribution in [0.25, 0.3) is 0 Å². The molecule has 0 amide bonds. The van der Waals surface area contributed by atoms with Gasteiger partial charge in [0.1, 0.15) is 6.17 Å². The van der Waals surface area contributed by atoms with Gasteiger partial charge in [-0.15, -0.1) is 0 Å². The molecule has 1 aliphatic rings. The topological polar surface area (TPSA) is 15.3 Å². The fraction of sp³-hybridized carbons (Fsp3) is 1.00. The molecule has 0 saturated carbocycles. The summed E-state index contributed by atoms with van der Waals surface area (Å²) < 4.78 is 12.8. The maximum Gasteiger partial charge on any atom is 0.114 e. The average molecular weight is 202 g/mol. The van der Waals surface area contributed by atoms with Crippen LogP contribution in [-0.4, -0.2) is 43.8 Å². The SMILES string of the molecule is CCCCCN(C)CC1CC(F)CN1. The van der Waals surface area contributed by atoms with Crippen LogP contribution in [0.3, 0.4) is 0 Å². The van der Waals surface area contributed by atoms with Gasteiger partial charge in [-0.3, -0.25) is 0 Å². The lowest BCUT2D eigenvalue weighted by Gasteiger charge is -2.20. The second-order valence-corrected chi connectivity index (χ2v) is 4.41. The Balaban J connectivity index is 2.05. The highest BCUT2D eigenvalue weighted by atomic mass is 19.1. The molecular formula is C11H23FN2. The third-order valence-corrected chi connectivity index (χ3v) is 2.84. The lowest BCUT2D eigenvalue weighted by atomic mass is 10.2. The first kappa shape index (κ1) is 11.9. The minimum absolute atomic E-state index is 0.372. The molecule has 0 aromatic carbocycles. The molecule has 2 unspecified atom stereocenters. The van der Waals surface area contributed by atoms with Gasteiger partial charge in [0.2, 0.25) is 0 Å². The van der Waals surface area contributed by atoms with E-state index in [0.717, 1.165) is 13.1 Å². The van der Waals surface area contributed by atoms with Crippen molar-refractivity contribution in [3.05, 3.63) is 0 Å². The maximum atomic E-state index is 12.8. The van der Waals surface area contributed by atoms with Gasteiger partial charge < -0.3 is 10.2 Å². The van der Waals surface area contributed by atoms with Gasteiger partial charge in [-0.2, -0.15) is 0 Å². The van der Waals surface area contributed by atoms with Gasteiger partial charge >= 0.3 is 0 Å². The predicted octanol–water partition coefficient (Wildman–Crippen LogP) is 1.81. The number of alkyl halides is 1. The molecule has 1 saturated heterocycles. The van der Waals surface area contributed by atoms with Crippen LogP contribution in [0.2, 0.25) is 0 Å². The van der Waals surface area contributed by atoms with Crippen LogP contribution in [-0.2, 0) is 0 Å². The van der Waals surface area contributed by atoms with E-state index in [2.05, 4.69) is 24.2 Å². The molecule has 84 valence electrons. The molecule has 1 rings (SSSR count). The smallest absolute Gasteiger partial charge is 0.114 e. The van der Waals surface area contributed by atoms with Gasteiger partial charge in [-0.25, -0.2) is 4.39 Å². The van der Waals surface area contributed by atoms with Gasteiger partial charge in [0.05, 0.1) is 0 Å². The molecule has 0 aromatic heterocycles. The Morgan fingerprint density at radius 1 is 1.43 bits per heavy atom. The summed E-state index contributed by atoms with van der Waals surface area (Å²) >= 11 is 0. The second-order valence-electron chi connectivity index (χ2n) is 4.41. The second kappa shape index (κ2) is 6.36. The molecular weight excluding hydrogens is 179 g/mol. The molecule has 1 aliphatic heterocycles. The molecule has 0 radical (unpaired) electrons. The van der Waals surface area contributed by atoms with Crippen LogP contribution in [0, 0.1) is 0 Å². The molecule has 2 nitrogen and oxygen atoms in total. The van der Waals surface area contributed by atoms with Crippen molar-refractivity contribution in [1.29, 1.82) is 0 Å². The highest BCUT2D eigenvalue weighted by Gasteiger charge is 2.23. The van der Waals surface area contributed by atoms with Crippen LogP contribution in [0.15, 0.2) is 0 Å². The Bertz CT molecular complexity index is 152. The number of halogens is 1. The Kier molecular flexibility index (Phi) is 5.41.